The van der Waals surface area contributed by atoms with E-state index in [0.29, 0.717) is 0 Å². The Kier molecular flexibility index (Phi) is 4.61. The van der Waals surface area contributed by atoms with Crippen LogP contribution in [0.2, 0.25) is 0 Å². The highest BCUT2D eigenvalue weighted by Crippen LogP contribution is 2.36. The van der Waals surface area contributed by atoms with Crippen LogP contribution >= 0.6 is 54.5 Å². The highest BCUT2D eigenvalue weighted by molar-refractivity contribution is 9.12. The molecule has 0 bridgehead atoms. The summed E-state index contributed by atoms with van der Waals surface area (Å²) in [6.07, 6.45) is 2.03. The maximum atomic E-state index is 6.18. The van der Waals surface area contributed by atoms with Crippen molar-refractivity contribution in [3.63, 3.8) is 0 Å². The molecule has 2 aromatic heterocycles. The fourth-order valence-electron chi connectivity index (χ4n) is 1.52. The first-order chi connectivity index (χ1) is 7.66. The van der Waals surface area contributed by atoms with Crippen molar-refractivity contribution in [2.24, 2.45) is 5.73 Å². The normalized spacial score (nSPS) is 12.9. The van der Waals surface area contributed by atoms with Crippen LogP contribution in [0.5, 0.6) is 0 Å². The third kappa shape index (κ3) is 3.17. The van der Waals surface area contributed by atoms with Gasteiger partial charge in [-0.1, -0.05) is 0 Å². The lowest BCUT2D eigenvalue weighted by molar-refractivity contribution is 0.652. The summed E-state index contributed by atoms with van der Waals surface area (Å²) in [5, 5.41) is 4.29. The van der Waals surface area contributed by atoms with Gasteiger partial charge in [0.15, 0.2) is 0 Å². The first kappa shape index (κ1) is 12.8. The molecule has 1 nitrogen and oxygen atoms in total. The van der Waals surface area contributed by atoms with Gasteiger partial charge in [0.25, 0.3) is 0 Å². The van der Waals surface area contributed by atoms with Gasteiger partial charge in [-0.2, -0.15) is 11.3 Å². The molecule has 0 radical (unpaired) electrons. The van der Waals surface area contributed by atoms with Crippen LogP contribution < -0.4 is 5.73 Å². The number of hydrogen-bond donors (Lipinski definition) is 1. The van der Waals surface area contributed by atoms with Crippen molar-refractivity contribution in [3.8, 4) is 0 Å². The molecule has 1 unspecified atom stereocenters. The van der Waals surface area contributed by atoms with Crippen molar-refractivity contribution < 1.29 is 0 Å². The minimum atomic E-state index is 0.108. The Balaban J connectivity index is 1.98. The Morgan fingerprint density at radius 2 is 2.19 bits per heavy atom. The molecule has 86 valence electrons. The van der Waals surface area contributed by atoms with Crippen molar-refractivity contribution >= 4 is 54.5 Å². The number of rotatable bonds is 4. The van der Waals surface area contributed by atoms with Crippen molar-refractivity contribution in [1.29, 1.82) is 0 Å². The second kappa shape index (κ2) is 5.78. The number of aryl methyl sites for hydroxylation is 1. The molecule has 0 aliphatic carbocycles. The van der Waals surface area contributed by atoms with Gasteiger partial charge in [-0.3, -0.25) is 0 Å². The van der Waals surface area contributed by atoms with Crippen molar-refractivity contribution in [2.75, 3.05) is 0 Å². The largest absolute Gasteiger partial charge is 0.324 e. The van der Waals surface area contributed by atoms with Gasteiger partial charge in [0.1, 0.15) is 0 Å². The van der Waals surface area contributed by atoms with E-state index in [-0.39, 0.29) is 6.04 Å². The van der Waals surface area contributed by atoms with Crippen molar-refractivity contribution in [2.45, 2.75) is 18.9 Å². The summed E-state index contributed by atoms with van der Waals surface area (Å²) in [6, 6.07) is 4.38. The van der Waals surface area contributed by atoms with Crippen LogP contribution in [0, 0.1) is 0 Å². The second-order valence-electron chi connectivity index (χ2n) is 3.56. The van der Waals surface area contributed by atoms with E-state index in [0.717, 1.165) is 20.4 Å². The molecule has 2 heterocycles. The Labute approximate surface area is 120 Å². The summed E-state index contributed by atoms with van der Waals surface area (Å²) < 4.78 is 2.26. The van der Waals surface area contributed by atoms with E-state index in [1.807, 2.05) is 0 Å². The smallest absolute Gasteiger partial charge is 0.0758 e. The molecular weight excluding hydrogens is 370 g/mol. The highest BCUT2D eigenvalue weighted by atomic mass is 79.9. The summed E-state index contributed by atoms with van der Waals surface area (Å²) in [7, 11) is 0. The monoisotopic (exact) mass is 379 g/mol. The second-order valence-corrected chi connectivity index (χ2v) is 8.09. The van der Waals surface area contributed by atoms with Gasteiger partial charge in [0.2, 0.25) is 0 Å². The number of hydrogen-bond acceptors (Lipinski definition) is 3. The third-order valence-corrected chi connectivity index (χ3v) is 5.52. The Morgan fingerprint density at radius 1 is 1.38 bits per heavy atom. The van der Waals surface area contributed by atoms with E-state index in [2.05, 4.69) is 54.8 Å². The van der Waals surface area contributed by atoms with Gasteiger partial charge in [-0.25, -0.2) is 0 Å². The van der Waals surface area contributed by atoms with Crippen LogP contribution in [-0.2, 0) is 6.42 Å². The van der Waals surface area contributed by atoms with E-state index in [9.17, 15) is 0 Å². The average molecular weight is 381 g/mol. The molecule has 1 atom stereocenters. The van der Waals surface area contributed by atoms with E-state index in [1.54, 1.807) is 22.7 Å². The molecule has 2 rings (SSSR count). The van der Waals surface area contributed by atoms with Crippen molar-refractivity contribution in [3.05, 3.63) is 41.6 Å². The predicted octanol–water partition coefficient (Wildman–Crippen LogP) is 4.97. The van der Waals surface area contributed by atoms with E-state index < -0.39 is 0 Å². The lowest BCUT2D eigenvalue weighted by Gasteiger charge is -2.09. The SMILES string of the molecule is NC(CCc1ccsc1)c1cc(Br)sc1Br. The first-order valence-electron chi connectivity index (χ1n) is 4.88. The van der Waals surface area contributed by atoms with Gasteiger partial charge < -0.3 is 5.73 Å². The maximum absolute atomic E-state index is 6.18. The lowest BCUT2D eigenvalue weighted by Crippen LogP contribution is -2.10. The van der Waals surface area contributed by atoms with E-state index in [1.165, 1.54) is 11.1 Å². The molecule has 0 saturated heterocycles. The van der Waals surface area contributed by atoms with Crippen LogP contribution in [0.4, 0.5) is 0 Å². The van der Waals surface area contributed by atoms with Gasteiger partial charge >= 0.3 is 0 Å². The molecule has 0 amide bonds. The molecular formula is C11H11Br2NS2. The molecule has 2 aromatic rings. The Bertz CT molecular complexity index is 451. The molecule has 0 saturated carbocycles. The summed E-state index contributed by atoms with van der Waals surface area (Å²) in [4.78, 5) is 0. The molecule has 0 aliphatic rings. The minimum absolute atomic E-state index is 0.108. The summed E-state index contributed by atoms with van der Waals surface area (Å²) >= 11 is 10.4. The fourth-order valence-corrected chi connectivity index (χ4v) is 5.22. The predicted molar refractivity (Wildman–Crippen MR) is 79.3 cm³/mol. The molecule has 2 N–H and O–H groups in total. The number of thiophene rings is 2. The molecule has 0 fully saturated rings. The average Bonchev–Trinajstić information content (AvgIpc) is 2.84. The summed E-state index contributed by atoms with van der Waals surface area (Å²) in [5.41, 5.74) is 8.77. The zero-order chi connectivity index (χ0) is 11.5. The van der Waals surface area contributed by atoms with Crippen LogP contribution in [-0.4, -0.2) is 0 Å². The topological polar surface area (TPSA) is 26.0 Å². The molecule has 0 aliphatic heterocycles. The minimum Gasteiger partial charge on any atom is -0.324 e. The van der Waals surface area contributed by atoms with E-state index >= 15 is 0 Å². The Hall–Kier alpha value is 0.320. The van der Waals surface area contributed by atoms with Crippen LogP contribution in [0.15, 0.2) is 30.5 Å². The zero-order valence-corrected chi connectivity index (χ0v) is 13.3. The third-order valence-electron chi connectivity index (χ3n) is 2.41. The zero-order valence-electron chi connectivity index (χ0n) is 8.45. The molecule has 5 heteroatoms. The summed E-state index contributed by atoms with van der Waals surface area (Å²) in [6.45, 7) is 0. The van der Waals surface area contributed by atoms with Gasteiger partial charge in [-0.15, -0.1) is 11.3 Å². The van der Waals surface area contributed by atoms with Gasteiger partial charge in [0.05, 0.1) is 7.57 Å². The lowest BCUT2D eigenvalue weighted by atomic mass is 10.0. The van der Waals surface area contributed by atoms with Gasteiger partial charge in [0, 0.05) is 6.04 Å². The number of nitrogens with two attached hydrogens (primary N) is 1. The quantitative estimate of drug-likeness (QED) is 0.796. The first-order valence-corrected chi connectivity index (χ1v) is 8.22. The molecule has 0 spiro atoms. The van der Waals surface area contributed by atoms with Crippen LogP contribution in [0.1, 0.15) is 23.6 Å². The van der Waals surface area contributed by atoms with Gasteiger partial charge in [-0.05, 0) is 78.7 Å². The fraction of sp³-hybridized carbons (Fsp3) is 0.273. The standard InChI is InChI=1S/C11H11Br2NS2/c12-10-5-8(11(13)16-10)9(14)2-1-7-3-4-15-6-7/h3-6,9H,1-2,14H2. The Morgan fingerprint density at radius 3 is 2.75 bits per heavy atom. The van der Waals surface area contributed by atoms with Crippen molar-refractivity contribution in [1.82, 2.24) is 0 Å². The number of halogens is 2. The van der Waals surface area contributed by atoms with E-state index in [4.69, 9.17) is 5.73 Å². The summed E-state index contributed by atoms with van der Waals surface area (Å²) in [5.74, 6) is 0. The highest BCUT2D eigenvalue weighted by Gasteiger charge is 2.13. The van der Waals surface area contributed by atoms with Crippen LogP contribution in [0.25, 0.3) is 0 Å². The maximum Gasteiger partial charge on any atom is 0.0758 e. The molecule has 16 heavy (non-hydrogen) atoms. The van der Waals surface area contributed by atoms with Crippen LogP contribution in [0.3, 0.4) is 0 Å². The molecule has 0 aromatic carbocycles.